The van der Waals surface area contributed by atoms with E-state index in [1.54, 1.807) is 0 Å². The number of hydrogen-bond acceptors (Lipinski definition) is 3. The van der Waals surface area contributed by atoms with Gasteiger partial charge < -0.3 is 10.6 Å². The number of rotatable bonds is 3. The molecule has 1 heterocycles. The van der Waals surface area contributed by atoms with Gasteiger partial charge in [0, 0.05) is 6.04 Å². The Morgan fingerprint density at radius 2 is 2.43 bits per heavy atom. The minimum Gasteiger partial charge on any atom is -0.317 e. The Morgan fingerprint density at radius 3 is 3.00 bits per heavy atom. The van der Waals surface area contributed by atoms with Crippen LogP contribution in [0.3, 0.4) is 0 Å². The van der Waals surface area contributed by atoms with E-state index in [1.807, 2.05) is 20.8 Å². The largest absolute Gasteiger partial charge is 0.317 e. The smallest absolute Gasteiger partial charge is 0.268 e. The Bertz CT molecular complexity index is 250. The lowest BCUT2D eigenvalue weighted by Crippen LogP contribution is -2.60. The molecule has 0 aromatic heterocycles. The Kier molecular flexibility index (Phi) is 3.71. The summed E-state index contributed by atoms with van der Waals surface area (Å²) >= 11 is 6.11. The van der Waals surface area contributed by atoms with E-state index in [1.165, 1.54) is 6.34 Å². The molecule has 0 aromatic rings. The second kappa shape index (κ2) is 4.61. The van der Waals surface area contributed by atoms with E-state index in [4.69, 9.17) is 11.6 Å². The van der Waals surface area contributed by atoms with Crippen LogP contribution in [0.2, 0.25) is 0 Å². The van der Waals surface area contributed by atoms with E-state index < -0.39 is 5.25 Å². The summed E-state index contributed by atoms with van der Waals surface area (Å²) in [6.07, 6.45) is 1.54. The van der Waals surface area contributed by atoms with E-state index in [-0.39, 0.29) is 6.04 Å². The maximum atomic E-state index is 6.11. The molecule has 80 valence electrons. The summed E-state index contributed by atoms with van der Waals surface area (Å²) in [5, 5.41) is 7.88. The van der Waals surface area contributed by atoms with Crippen molar-refractivity contribution in [2.24, 2.45) is 9.98 Å². The number of hydrogen-bond donors (Lipinski definition) is 3. The molecule has 0 radical (unpaired) electrons. The highest BCUT2D eigenvalue weighted by molar-refractivity contribution is 6.25. The summed E-state index contributed by atoms with van der Waals surface area (Å²) in [4.78, 5) is 8.33. The molecule has 5 nitrogen and oxygen atoms in total. The van der Waals surface area contributed by atoms with Crippen LogP contribution in [0.5, 0.6) is 0 Å². The molecular weight excluding hydrogens is 202 g/mol. The minimum absolute atomic E-state index is 0.207. The summed E-state index contributed by atoms with van der Waals surface area (Å²) < 4.78 is 0. The van der Waals surface area contributed by atoms with Gasteiger partial charge in [0.15, 0.2) is 0 Å². The highest BCUT2D eigenvalue weighted by Crippen LogP contribution is 2.09. The Balaban J connectivity index is 2.68. The topological polar surface area (TPSA) is 60.8 Å². The van der Waals surface area contributed by atoms with Crippen molar-refractivity contribution in [3.63, 3.8) is 0 Å². The maximum Gasteiger partial charge on any atom is 0.268 e. The molecule has 1 rings (SSSR count). The lowest BCUT2D eigenvalue weighted by Gasteiger charge is -2.29. The van der Waals surface area contributed by atoms with Gasteiger partial charge in [-0.15, -0.1) is 0 Å². The monoisotopic (exact) mass is 217 g/mol. The van der Waals surface area contributed by atoms with Gasteiger partial charge in [-0.3, -0.25) is 10.3 Å². The van der Waals surface area contributed by atoms with Gasteiger partial charge in [-0.2, -0.15) is 0 Å². The molecule has 3 N–H and O–H groups in total. The van der Waals surface area contributed by atoms with Crippen molar-refractivity contribution in [3.8, 4) is 0 Å². The van der Waals surface area contributed by atoms with Crippen LogP contribution >= 0.6 is 11.6 Å². The maximum absolute atomic E-state index is 6.11. The van der Waals surface area contributed by atoms with Gasteiger partial charge >= 0.3 is 0 Å². The molecular formula is C8H16ClN5. The van der Waals surface area contributed by atoms with Crippen LogP contribution in [0.25, 0.3) is 0 Å². The summed E-state index contributed by atoms with van der Waals surface area (Å²) in [5.74, 6) is 0.631. The van der Waals surface area contributed by atoms with Crippen LogP contribution in [0.15, 0.2) is 9.98 Å². The van der Waals surface area contributed by atoms with Crippen molar-refractivity contribution in [3.05, 3.63) is 0 Å². The van der Waals surface area contributed by atoms with Crippen molar-refractivity contribution in [2.45, 2.75) is 32.1 Å². The first-order valence-electron chi connectivity index (χ1n) is 4.66. The molecule has 1 aliphatic heterocycles. The van der Waals surface area contributed by atoms with Crippen LogP contribution in [0.4, 0.5) is 0 Å². The summed E-state index contributed by atoms with van der Waals surface area (Å²) in [5.41, 5.74) is 0. The molecule has 1 atom stereocenters. The van der Waals surface area contributed by atoms with E-state index in [2.05, 4.69) is 25.9 Å². The highest BCUT2D eigenvalue weighted by Gasteiger charge is 2.28. The van der Waals surface area contributed by atoms with Gasteiger partial charge in [0.2, 0.25) is 5.96 Å². The van der Waals surface area contributed by atoms with Gasteiger partial charge in [0.25, 0.3) is 5.25 Å². The summed E-state index contributed by atoms with van der Waals surface area (Å²) in [7, 11) is 0. The molecule has 6 heteroatoms. The van der Waals surface area contributed by atoms with Crippen molar-refractivity contribution < 1.29 is 0 Å². The fraction of sp³-hybridized carbons (Fsp3) is 0.750. The molecule has 0 aromatic carbocycles. The van der Waals surface area contributed by atoms with Crippen LogP contribution in [0.1, 0.15) is 20.8 Å². The Morgan fingerprint density at radius 1 is 1.71 bits per heavy atom. The van der Waals surface area contributed by atoms with E-state index in [9.17, 15) is 0 Å². The van der Waals surface area contributed by atoms with Crippen LogP contribution in [0, 0.1) is 0 Å². The molecule has 0 saturated heterocycles. The average Bonchev–Trinajstić information content (AvgIpc) is 2.02. The first-order valence-corrected chi connectivity index (χ1v) is 5.03. The van der Waals surface area contributed by atoms with Gasteiger partial charge in [-0.1, -0.05) is 18.5 Å². The highest BCUT2D eigenvalue weighted by atomic mass is 35.5. The second-order valence-electron chi connectivity index (χ2n) is 3.25. The molecule has 0 spiro atoms. The minimum atomic E-state index is -0.965. The molecule has 0 aliphatic carbocycles. The lowest BCUT2D eigenvalue weighted by molar-refractivity contribution is 0.446. The molecule has 0 bridgehead atoms. The van der Waals surface area contributed by atoms with Gasteiger partial charge in [-0.05, 0) is 20.4 Å². The third-order valence-corrected chi connectivity index (χ3v) is 1.85. The molecule has 0 amide bonds. The van der Waals surface area contributed by atoms with Crippen molar-refractivity contribution in [1.29, 1.82) is 0 Å². The SMILES string of the molecule is CCNC1(Cl)N=CNC(=NC(C)C)N1. The van der Waals surface area contributed by atoms with Crippen LogP contribution in [-0.4, -0.2) is 30.1 Å². The number of halogens is 1. The molecule has 1 unspecified atom stereocenters. The number of alkyl halides is 1. The Labute approximate surface area is 89.0 Å². The molecule has 0 fully saturated rings. The van der Waals surface area contributed by atoms with Crippen molar-refractivity contribution >= 4 is 23.9 Å². The first kappa shape index (κ1) is 11.3. The third kappa shape index (κ3) is 3.16. The summed E-state index contributed by atoms with van der Waals surface area (Å²) in [6.45, 7) is 6.67. The normalized spacial score (nSPS) is 29.1. The van der Waals surface area contributed by atoms with E-state index in [0.717, 1.165) is 6.54 Å². The predicted molar refractivity (Wildman–Crippen MR) is 59.6 cm³/mol. The third-order valence-electron chi connectivity index (χ3n) is 1.53. The number of nitrogens with zero attached hydrogens (tertiary/aromatic N) is 2. The van der Waals surface area contributed by atoms with Crippen molar-refractivity contribution in [1.82, 2.24) is 16.0 Å². The van der Waals surface area contributed by atoms with Crippen LogP contribution < -0.4 is 16.0 Å². The Hall–Kier alpha value is -0.810. The van der Waals surface area contributed by atoms with E-state index in [0.29, 0.717) is 5.96 Å². The summed E-state index contributed by atoms with van der Waals surface area (Å²) in [6, 6.07) is 0.207. The second-order valence-corrected chi connectivity index (χ2v) is 3.80. The molecule has 14 heavy (non-hydrogen) atoms. The standard InChI is InChI=1S/C8H16ClN5/c1-4-11-8(9)12-5-10-7(14-8)13-6(2)3/h5-6,11H,4H2,1-3H3,(H2,10,12,13,14). The predicted octanol–water partition coefficient (Wildman–Crippen LogP) is 0.431. The lowest BCUT2D eigenvalue weighted by atomic mass is 10.4. The zero-order chi connectivity index (χ0) is 10.6. The fourth-order valence-electron chi connectivity index (χ4n) is 1.06. The zero-order valence-corrected chi connectivity index (χ0v) is 9.39. The fourth-order valence-corrected chi connectivity index (χ4v) is 1.33. The first-order chi connectivity index (χ1) is 6.56. The number of nitrogens with one attached hydrogen (secondary N) is 3. The quantitative estimate of drug-likeness (QED) is 0.475. The van der Waals surface area contributed by atoms with Gasteiger partial charge in [0.1, 0.15) is 0 Å². The molecule has 1 aliphatic rings. The van der Waals surface area contributed by atoms with Gasteiger partial charge in [0.05, 0.1) is 6.34 Å². The van der Waals surface area contributed by atoms with Gasteiger partial charge in [-0.25, -0.2) is 4.99 Å². The zero-order valence-electron chi connectivity index (χ0n) is 8.63. The average molecular weight is 218 g/mol. The van der Waals surface area contributed by atoms with E-state index >= 15 is 0 Å². The van der Waals surface area contributed by atoms with Crippen molar-refractivity contribution in [2.75, 3.05) is 6.54 Å². The number of aliphatic imine (C=N–C) groups is 2. The number of guanidine groups is 1. The molecule has 0 saturated carbocycles. The van der Waals surface area contributed by atoms with Crippen LogP contribution in [-0.2, 0) is 0 Å².